The van der Waals surface area contributed by atoms with Gasteiger partial charge in [0.15, 0.2) is 0 Å². The smallest absolute Gasteiger partial charge is 0.236 e. The molecule has 1 rings (SSSR count). The molecule has 106 valence electrons. The zero-order valence-corrected chi connectivity index (χ0v) is 12.1. The molecule has 2 unspecified atom stereocenters. The summed E-state index contributed by atoms with van der Waals surface area (Å²) in [5.74, 6) is 0.577. The molecule has 1 N–H and O–H groups in total. The third-order valence-electron chi connectivity index (χ3n) is 3.69. The van der Waals surface area contributed by atoms with Crippen molar-refractivity contribution in [3.05, 3.63) is 0 Å². The molecule has 0 aromatic heterocycles. The molecule has 0 aromatic rings. The molecule has 0 aromatic carbocycles. The second-order valence-corrected chi connectivity index (χ2v) is 5.41. The maximum absolute atomic E-state index is 12.2. The van der Waals surface area contributed by atoms with Crippen LogP contribution in [0.25, 0.3) is 0 Å². The maximum Gasteiger partial charge on any atom is 0.236 e. The average Bonchev–Trinajstić information content (AvgIpc) is 2.77. The molecule has 1 aliphatic heterocycles. The lowest BCUT2D eigenvalue weighted by molar-refractivity contribution is -0.132. The van der Waals surface area contributed by atoms with Gasteiger partial charge in [-0.05, 0) is 38.6 Å². The van der Waals surface area contributed by atoms with Crippen molar-refractivity contribution in [2.24, 2.45) is 5.92 Å². The normalized spacial score (nSPS) is 22.1. The Labute approximate surface area is 111 Å². The number of aliphatic hydroxyl groups excluding tert-OH is 1. The van der Waals surface area contributed by atoms with Crippen LogP contribution in [0.3, 0.4) is 0 Å². The van der Waals surface area contributed by atoms with E-state index in [4.69, 9.17) is 0 Å². The molecule has 1 heterocycles. The fourth-order valence-electron chi connectivity index (χ4n) is 2.59. The topological polar surface area (TPSA) is 43.8 Å². The van der Waals surface area contributed by atoms with Gasteiger partial charge in [-0.1, -0.05) is 13.8 Å². The van der Waals surface area contributed by atoms with Crippen LogP contribution in [0.5, 0.6) is 0 Å². The second-order valence-electron chi connectivity index (χ2n) is 5.41. The minimum absolute atomic E-state index is 0.241. The SMILES string of the molecule is CCCN(CCC)C(=O)CN1CCC(C(C)O)C1. The van der Waals surface area contributed by atoms with Crippen molar-refractivity contribution in [3.63, 3.8) is 0 Å². The molecule has 1 amide bonds. The van der Waals surface area contributed by atoms with Gasteiger partial charge in [-0.2, -0.15) is 0 Å². The molecular formula is C14H28N2O2. The molecule has 2 atom stereocenters. The molecule has 4 nitrogen and oxygen atoms in total. The minimum Gasteiger partial charge on any atom is -0.393 e. The Morgan fingerprint density at radius 2 is 2.00 bits per heavy atom. The molecular weight excluding hydrogens is 228 g/mol. The van der Waals surface area contributed by atoms with Crippen LogP contribution in [-0.4, -0.2) is 59.6 Å². The van der Waals surface area contributed by atoms with Crippen LogP contribution >= 0.6 is 0 Å². The van der Waals surface area contributed by atoms with Crippen LogP contribution in [0.1, 0.15) is 40.0 Å². The van der Waals surface area contributed by atoms with Gasteiger partial charge in [-0.3, -0.25) is 9.69 Å². The summed E-state index contributed by atoms with van der Waals surface area (Å²) in [6, 6.07) is 0. The van der Waals surface area contributed by atoms with E-state index in [1.165, 1.54) is 0 Å². The van der Waals surface area contributed by atoms with Crippen molar-refractivity contribution < 1.29 is 9.90 Å². The monoisotopic (exact) mass is 256 g/mol. The van der Waals surface area contributed by atoms with E-state index in [1.807, 2.05) is 11.8 Å². The fraction of sp³-hybridized carbons (Fsp3) is 0.929. The van der Waals surface area contributed by atoms with Crippen molar-refractivity contribution in [2.45, 2.75) is 46.1 Å². The van der Waals surface area contributed by atoms with Crippen molar-refractivity contribution in [3.8, 4) is 0 Å². The van der Waals surface area contributed by atoms with Gasteiger partial charge in [0, 0.05) is 19.6 Å². The first-order valence-electron chi connectivity index (χ1n) is 7.26. The zero-order chi connectivity index (χ0) is 13.5. The molecule has 1 aliphatic rings. The van der Waals surface area contributed by atoms with Crippen LogP contribution in [0.2, 0.25) is 0 Å². The van der Waals surface area contributed by atoms with Gasteiger partial charge in [0.25, 0.3) is 0 Å². The molecule has 18 heavy (non-hydrogen) atoms. The van der Waals surface area contributed by atoms with Gasteiger partial charge >= 0.3 is 0 Å². The lowest BCUT2D eigenvalue weighted by atomic mass is 10.0. The quantitative estimate of drug-likeness (QED) is 0.747. The molecule has 0 saturated carbocycles. The average molecular weight is 256 g/mol. The van der Waals surface area contributed by atoms with E-state index in [9.17, 15) is 9.90 Å². The number of carbonyl (C=O) groups excluding carboxylic acids is 1. The highest BCUT2D eigenvalue weighted by atomic mass is 16.3. The van der Waals surface area contributed by atoms with E-state index in [-0.39, 0.29) is 12.0 Å². The van der Waals surface area contributed by atoms with Crippen molar-refractivity contribution in [2.75, 3.05) is 32.7 Å². The predicted octanol–water partition coefficient (Wildman–Crippen LogP) is 1.34. The van der Waals surface area contributed by atoms with Gasteiger partial charge in [-0.25, -0.2) is 0 Å². The fourth-order valence-corrected chi connectivity index (χ4v) is 2.59. The molecule has 1 saturated heterocycles. The van der Waals surface area contributed by atoms with Crippen LogP contribution < -0.4 is 0 Å². The number of aliphatic hydroxyl groups is 1. The lowest BCUT2D eigenvalue weighted by Crippen LogP contribution is -2.40. The Kier molecular flexibility index (Phi) is 6.65. The first-order chi connectivity index (χ1) is 8.58. The van der Waals surface area contributed by atoms with E-state index in [2.05, 4.69) is 18.7 Å². The third-order valence-corrected chi connectivity index (χ3v) is 3.69. The van der Waals surface area contributed by atoms with Gasteiger partial charge in [-0.15, -0.1) is 0 Å². The summed E-state index contributed by atoms with van der Waals surface area (Å²) in [5, 5.41) is 9.56. The number of hydrogen-bond donors (Lipinski definition) is 1. The van der Waals surface area contributed by atoms with Crippen molar-refractivity contribution >= 4 is 5.91 Å². The number of likely N-dealkylation sites (tertiary alicyclic amines) is 1. The lowest BCUT2D eigenvalue weighted by Gasteiger charge is -2.25. The number of nitrogens with zero attached hydrogens (tertiary/aromatic N) is 2. The molecule has 1 fully saturated rings. The Bertz CT molecular complexity index is 250. The summed E-state index contributed by atoms with van der Waals surface area (Å²) in [4.78, 5) is 16.3. The third kappa shape index (κ3) is 4.58. The van der Waals surface area contributed by atoms with E-state index in [0.717, 1.165) is 45.4 Å². The second kappa shape index (κ2) is 7.74. The molecule has 0 aliphatic carbocycles. The molecule has 0 radical (unpaired) electrons. The largest absolute Gasteiger partial charge is 0.393 e. The minimum atomic E-state index is -0.257. The summed E-state index contributed by atoms with van der Waals surface area (Å²) < 4.78 is 0. The maximum atomic E-state index is 12.2. The van der Waals surface area contributed by atoms with E-state index in [0.29, 0.717) is 12.5 Å². The van der Waals surface area contributed by atoms with Crippen molar-refractivity contribution in [1.82, 2.24) is 9.80 Å². The molecule has 0 spiro atoms. The predicted molar refractivity (Wildman–Crippen MR) is 73.4 cm³/mol. The highest BCUT2D eigenvalue weighted by Gasteiger charge is 2.27. The molecule has 0 bridgehead atoms. The van der Waals surface area contributed by atoms with E-state index >= 15 is 0 Å². The highest BCUT2D eigenvalue weighted by molar-refractivity contribution is 5.78. The first kappa shape index (κ1) is 15.4. The van der Waals surface area contributed by atoms with Crippen LogP contribution in [0.4, 0.5) is 0 Å². The zero-order valence-electron chi connectivity index (χ0n) is 12.1. The number of rotatable bonds is 7. The summed E-state index contributed by atoms with van der Waals surface area (Å²) in [6.45, 7) is 10.1. The summed E-state index contributed by atoms with van der Waals surface area (Å²) >= 11 is 0. The van der Waals surface area contributed by atoms with Crippen LogP contribution in [-0.2, 0) is 4.79 Å². The van der Waals surface area contributed by atoms with Gasteiger partial charge in [0.1, 0.15) is 0 Å². The first-order valence-corrected chi connectivity index (χ1v) is 7.26. The van der Waals surface area contributed by atoms with E-state index < -0.39 is 0 Å². The summed E-state index contributed by atoms with van der Waals surface area (Å²) in [7, 11) is 0. The van der Waals surface area contributed by atoms with E-state index in [1.54, 1.807) is 0 Å². The standard InChI is InChI=1S/C14H28N2O2/c1-4-7-16(8-5-2)14(18)11-15-9-6-13(10-15)12(3)17/h12-13,17H,4-11H2,1-3H3. The number of hydrogen-bond acceptors (Lipinski definition) is 3. The van der Waals surface area contributed by atoms with Crippen molar-refractivity contribution in [1.29, 1.82) is 0 Å². The Morgan fingerprint density at radius 1 is 1.39 bits per heavy atom. The van der Waals surface area contributed by atoms with Crippen LogP contribution in [0, 0.1) is 5.92 Å². The highest BCUT2D eigenvalue weighted by Crippen LogP contribution is 2.19. The van der Waals surface area contributed by atoms with Crippen LogP contribution in [0.15, 0.2) is 0 Å². The summed E-state index contributed by atoms with van der Waals surface area (Å²) in [5.41, 5.74) is 0. The molecule has 4 heteroatoms. The Morgan fingerprint density at radius 3 is 2.44 bits per heavy atom. The van der Waals surface area contributed by atoms with Gasteiger partial charge < -0.3 is 10.0 Å². The Hall–Kier alpha value is -0.610. The summed E-state index contributed by atoms with van der Waals surface area (Å²) in [6.07, 6.45) is 2.78. The van der Waals surface area contributed by atoms with Gasteiger partial charge in [0.05, 0.1) is 12.6 Å². The number of amides is 1. The Balaban J connectivity index is 2.39. The van der Waals surface area contributed by atoms with Gasteiger partial charge in [0.2, 0.25) is 5.91 Å². The number of carbonyl (C=O) groups is 1.